The first-order valence-corrected chi connectivity index (χ1v) is 18.6. The number of aryl methyl sites for hydroxylation is 1. The Bertz CT molecular complexity index is 1500. The summed E-state index contributed by atoms with van der Waals surface area (Å²) in [6.45, 7) is 8.14. The molecule has 0 radical (unpaired) electrons. The van der Waals surface area contributed by atoms with Crippen LogP contribution in [0.25, 0.3) is 16.8 Å². The lowest BCUT2D eigenvalue weighted by molar-refractivity contribution is -0.119. The van der Waals surface area contributed by atoms with Gasteiger partial charge in [-0.3, -0.25) is 19.5 Å². The number of anilines is 1. The topological polar surface area (TPSA) is 91.0 Å². The third-order valence-corrected chi connectivity index (χ3v) is 9.13. The van der Waals surface area contributed by atoms with Crippen LogP contribution in [-0.2, 0) is 22.7 Å². The number of carbonyl (C=O) groups is 2. The number of hydrogen-bond acceptors (Lipinski definition) is 5. The van der Waals surface area contributed by atoms with Crippen molar-refractivity contribution in [2.24, 2.45) is 5.92 Å². The van der Waals surface area contributed by atoms with Crippen molar-refractivity contribution in [1.82, 2.24) is 19.3 Å². The van der Waals surface area contributed by atoms with Crippen LogP contribution < -0.4 is 5.32 Å². The average molecular weight is 584 g/mol. The number of ketones is 1. The second-order valence-electron chi connectivity index (χ2n) is 12.5. The standard InChI is InChI=1S/C33H41N5O3Si/c1-42(2,3)18-17-41-24-37-22-28(21-34-37)26-9-7-10-27(20-26)32(40)36-33-35-29(11-8-14-31(39)19-25-15-16-25)23-38(33)30-12-5-4-6-13-30/h4-7,9-10,12-13,20-23,25H,8,11,14-19,24H2,1-3H3,(H,35,36,40). The Morgan fingerprint density at radius 1 is 1.02 bits per heavy atom. The van der Waals surface area contributed by atoms with Gasteiger partial charge in [-0.1, -0.05) is 50.0 Å². The molecule has 2 heterocycles. The van der Waals surface area contributed by atoms with E-state index < -0.39 is 8.07 Å². The fraction of sp³-hybridized carbons (Fsp3) is 0.394. The first kappa shape index (κ1) is 29.7. The molecule has 8 nitrogen and oxygen atoms in total. The number of aromatic nitrogens is 4. The number of ether oxygens (including phenoxy) is 1. The lowest BCUT2D eigenvalue weighted by Gasteiger charge is -2.15. The molecule has 1 fully saturated rings. The van der Waals surface area contributed by atoms with E-state index in [0.29, 0.717) is 49.2 Å². The molecule has 1 amide bonds. The molecule has 1 N–H and O–H groups in total. The lowest BCUT2D eigenvalue weighted by Crippen LogP contribution is -2.22. The van der Waals surface area contributed by atoms with Gasteiger partial charge in [-0.05, 0) is 67.5 Å². The average Bonchev–Trinajstić information content (AvgIpc) is 3.49. The van der Waals surface area contributed by atoms with Gasteiger partial charge in [0.1, 0.15) is 12.5 Å². The summed E-state index contributed by atoms with van der Waals surface area (Å²) in [5, 5.41) is 7.46. The normalized spacial score (nSPS) is 13.3. The maximum atomic E-state index is 13.4. The van der Waals surface area contributed by atoms with Gasteiger partial charge in [-0.15, -0.1) is 0 Å². The smallest absolute Gasteiger partial charge is 0.258 e. The number of hydrogen-bond donors (Lipinski definition) is 1. The number of nitrogens with one attached hydrogen (secondary N) is 1. The quantitative estimate of drug-likeness (QED) is 0.120. The van der Waals surface area contributed by atoms with Gasteiger partial charge in [0.2, 0.25) is 5.95 Å². The van der Waals surface area contributed by atoms with Crippen LogP contribution in [0.5, 0.6) is 0 Å². The number of imidazole rings is 1. The Morgan fingerprint density at radius 2 is 1.83 bits per heavy atom. The van der Waals surface area contributed by atoms with Crippen molar-refractivity contribution in [2.45, 2.75) is 70.9 Å². The van der Waals surface area contributed by atoms with Crippen LogP contribution in [0.15, 0.2) is 73.2 Å². The predicted octanol–water partition coefficient (Wildman–Crippen LogP) is 6.99. The van der Waals surface area contributed by atoms with E-state index in [1.54, 1.807) is 16.9 Å². The molecule has 0 unspecified atom stereocenters. The highest BCUT2D eigenvalue weighted by Crippen LogP contribution is 2.33. The Balaban J connectivity index is 1.25. The second kappa shape index (κ2) is 13.4. The van der Waals surface area contributed by atoms with Gasteiger partial charge < -0.3 is 4.74 Å². The monoisotopic (exact) mass is 583 g/mol. The summed E-state index contributed by atoms with van der Waals surface area (Å²) in [6.07, 6.45) is 10.8. The van der Waals surface area contributed by atoms with Gasteiger partial charge in [-0.2, -0.15) is 5.10 Å². The van der Waals surface area contributed by atoms with Crippen molar-refractivity contribution < 1.29 is 14.3 Å². The fourth-order valence-corrected chi connectivity index (χ4v) is 5.53. The molecule has 9 heteroatoms. The van der Waals surface area contributed by atoms with E-state index in [4.69, 9.17) is 9.72 Å². The number of para-hydroxylation sites is 1. The molecule has 1 saturated carbocycles. The lowest BCUT2D eigenvalue weighted by atomic mass is 10.1. The van der Waals surface area contributed by atoms with Gasteiger partial charge in [0.15, 0.2) is 0 Å². The van der Waals surface area contributed by atoms with Gasteiger partial charge >= 0.3 is 0 Å². The van der Waals surface area contributed by atoms with Crippen LogP contribution in [0.1, 0.15) is 48.2 Å². The zero-order chi connectivity index (χ0) is 29.5. The summed E-state index contributed by atoms with van der Waals surface area (Å²) in [6, 6.07) is 18.4. The summed E-state index contributed by atoms with van der Waals surface area (Å²) in [5.41, 5.74) is 4.11. The molecule has 0 atom stereocenters. The van der Waals surface area contributed by atoms with Gasteiger partial charge in [0, 0.05) is 56.7 Å². The van der Waals surface area contributed by atoms with Gasteiger partial charge in [0.05, 0.1) is 11.9 Å². The van der Waals surface area contributed by atoms with Crippen LogP contribution in [0.3, 0.4) is 0 Å². The van der Waals surface area contributed by atoms with Gasteiger partial charge in [0.25, 0.3) is 5.91 Å². The van der Waals surface area contributed by atoms with E-state index >= 15 is 0 Å². The van der Waals surface area contributed by atoms with E-state index in [1.165, 1.54) is 12.8 Å². The number of benzene rings is 2. The van der Waals surface area contributed by atoms with Crippen LogP contribution >= 0.6 is 0 Å². The van der Waals surface area contributed by atoms with Crippen LogP contribution in [0.4, 0.5) is 5.95 Å². The molecule has 42 heavy (non-hydrogen) atoms. The van der Waals surface area contributed by atoms with Crippen LogP contribution in [0, 0.1) is 5.92 Å². The summed E-state index contributed by atoms with van der Waals surface area (Å²) in [5.74, 6) is 1.17. The number of rotatable bonds is 15. The molecule has 2 aromatic heterocycles. The van der Waals surface area contributed by atoms with Crippen molar-refractivity contribution in [2.75, 3.05) is 11.9 Å². The van der Waals surface area contributed by atoms with Gasteiger partial charge in [-0.25, -0.2) is 9.67 Å². The minimum atomic E-state index is -1.13. The number of nitrogens with zero attached hydrogens (tertiary/aromatic N) is 4. The van der Waals surface area contributed by atoms with Crippen molar-refractivity contribution >= 4 is 25.7 Å². The molecular formula is C33H41N5O3Si. The SMILES string of the molecule is C[Si](C)(C)CCOCn1cc(-c2cccc(C(=O)Nc3nc(CCCC(=O)CC4CC4)cn3-c3ccccc3)c2)cn1. The fourth-order valence-electron chi connectivity index (χ4n) is 4.77. The predicted molar refractivity (Wildman–Crippen MR) is 169 cm³/mol. The van der Waals surface area contributed by atoms with Crippen LogP contribution in [0.2, 0.25) is 25.7 Å². The Kier molecular flexibility index (Phi) is 9.49. The summed E-state index contributed by atoms with van der Waals surface area (Å²) in [7, 11) is -1.13. The highest BCUT2D eigenvalue weighted by molar-refractivity contribution is 6.76. The highest BCUT2D eigenvalue weighted by Gasteiger charge is 2.24. The molecule has 5 rings (SSSR count). The van der Waals surface area contributed by atoms with Crippen molar-refractivity contribution in [3.63, 3.8) is 0 Å². The Morgan fingerprint density at radius 3 is 2.60 bits per heavy atom. The first-order chi connectivity index (χ1) is 20.2. The number of amides is 1. The Labute approximate surface area is 249 Å². The maximum Gasteiger partial charge on any atom is 0.258 e. The molecule has 1 aliphatic rings. The Hall–Kier alpha value is -3.82. The molecule has 4 aromatic rings. The van der Waals surface area contributed by atoms with Crippen molar-refractivity contribution in [1.29, 1.82) is 0 Å². The zero-order valence-electron chi connectivity index (χ0n) is 24.9. The van der Waals surface area contributed by atoms with E-state index in [0.717, 1.165) is 41.6 Å². The molecule has 220 valence electrons. The van der Waals surface area contributed by atoms with E-state index in [2.05, 4.69) is 30.1 Å². The molecule has 0 bridgehead atoms. The molecule has 2 aromatic carbocycles. The van der Waals surface area contributed by atoms with Crippen molar-refractivity contribution in [3.05, 3.63) is 84.4 Å². The summed E-state index contributed by atoms with van der Waals surface area (Å²) >= 11 is 0. The van der Waals surface area contributed by atoms with Crippen LogP contribution in [-0.4, -0.2) is 45.7 Å². The molecule has 0 saturated heterocycles. The maximum absolute atomic E-state index is 13.4. The highest BCUT2D eigenvalue weighted by atomic mass is 28.3. The second-order valence-corrected chi connectivity index (χ2v) is 18.1. The minimum Gasteiger partial charge on any atom is -0.360 e. The van der Waals surface area contributed by atoms with E-state index in [-0.39, 0.29) is 5.91 Å². The largest absolute Gasteiger partial charge is 0.360 e. The third kappa shape index (κ3) is 8.59. The molecular weight excluding hydrogens is 542 g/mol. The molecule has 1 aliphatic carbocycles. The number of Topliss-reactive ketones (excluding diaryl/α,β-unsaturated/α-hetero) is 1. The first-order valence-electron chi connectivity index (χ1n) is 14.9. The number of carbonyl (C=O) groups excluding carboxylic acids is 2. The van der Waals surface area contributed by atoms with E-state index in [9.17, 15) is 9.59 Å². The summed E-state index contributed by atoms with van der Waals surface area (Å²) < 4.78 is 9.50. The summed E-state index contributed by atoms with van der Waals surface area (Å²) in [4.78, 5) is 30.4. The molecule has 0 aliphatic heterocycles. The van der Waals surface area contributed by atoms with E-state index in [1.807, 2.05) is 65.5 Å². The van der Waals surface area contributed by atoms with Crippen molar-refractivity contribution in [3.8, 4) is 16.8 Å². The molecule has 0 spiro atoms. The minimum absolute atomic E-state index is 0.243. The third-order valence-electron chi connectivity index (χ3n) is 7.43. The zero-order valence-corrected chi connectivity index (χ0v) is 25.9.